The lowest BCUT2D eigenvalue weighted by Crippen LogP contribution is -2.50. The molecule has 0 radical (unpaired) electrons. The van der Waals surface area contributed by atoms with Crippen molar-refractivity contribution in [2.24, 2.45) is 11.8 Å². The minimum Gasteiger partial charge on any atom is -0.483 e. The number of amides is 2. The summed E-state index contributed by atoms with van der Waals surface area (Å²) in [6, 6.07) is 0.134. The Balaban J connectivity index is 0.000000941. The molecule has 1 aliphatic carbocycles. The molecule has 10 heteroatoms. The predicted octanol–water partition coefficient (Wildman–Crippen LogP) is 0.103. The fourth-order valence-electron chi connectivity index (χ4n) is 3.75. The van der Waals surface area contributed by atoms with Crippen LogP contribution in [-0.2, 0) is 27.3 Å². The van der Waals surface area contributed by atoms with Gasteiger partial charge >= 0.3 is 0 Å². The molecule has 162 valence electrons. The summed E-state index contributed by atoms with van der Waals surface area (Å²) in [5.41, 5.74) is -0.594. The van der Waals surface area contributed by atoms with Crippen LogP contribution in [0.3, 0.4) is 0 Å². The number of rotatable bonds is 5. The van der Waals surface area contributed by atoms with E-state index in [1.54, 1.807) is 6.33 Å². The molecule has 2 heterocycles. The first kappa shape index (κ1) is 22.8. The molecule has 29 heavy (non-hydrogen) atoms. The molecule has 0 saturated heterocycles. The van der Waals surface area contributed by atoms with Gasteiger partial charge < -0.3 is 20.8 Å². The van der Waals surface area contributed by atoms with Crippen LogP contribution in [0.2, 0.25) is 0 Å². The molecular weight excluding hydrogens is 378 g/mol. The molecule has 0 spiro atoms. The second-order valence-electron chi connectivity index (χ2n) is 8.29. The lowest BCUT2D eigenvalue weighted by molar-refractivity contribution is -0.129. The first-order valence-electron chi connectivity index (χ1n) is 9.97. The van der Waals surface area contributed by atoms with Gasteiger partial charge in [-0.2, -0.15) is 5.10 Å². The van der Waals surface area contributed by atoms with Crippen molar-refractivity contribution in [3.8, 4) is 0 Å². The SMILES string of the molecule is CC(C)(CO)NC(=O)C1CCC(NC(=O)C2CCc3ncnn3C2)CC1.O=CO. The highest BCUT2D eigenvalue weighted by Gasteiger charge is 2.32. The summed E-state index contributed by atoms with van der Waals surface area (Å²) >= 11 is 0. The molecule has 1 aliphatic heterocycles. The average Bonchev–Trinajstić information content (AvgIpc) is 3.16. The van der Waals surface area contributed by atoms with Gasteiger partial charge in [0.25, 0.3) is 6.47 Å². The van der Waals surface area contributed by atoms with E-state index in [0.29, 0.717) is 6.54 Å². The largest absolute Gasteiger partial charge is 0.483 e. The second-order valence-corrected chi connectivity index (χ2v) is 8.29. The van der Waals surface area contributed by atoms with E-state index >= 15 is 0 Å². The average molecular weight is 409 g/mol. The minimum absolute atomic E-state index is 0.000168. The van der Waals surface area contributed by atoms with E-state index < -0.39 is 5.54 Å². The van der Waals surface area contributed by atoms with Gasteiger partial charge in [0.05, 0.1) is 24.6 Å². The van der Waals surface area contributed by atoms with Crippen molar-refractivity contribution < 1.29 is 24.6 Å². The number of hydrogen-bond donors (Lipinski definition) is 4. The van der Waals surface area contributed by atoms with Gasteiger partial charge in [-0.05, 0) is 46.0 Å². The number of fused-ring (bicyclic) bond motifs is 1. The van der Waals surface area contributed by atoms with E-state index in [-0.39, 0.29) is 42.8 Å². The van der Waals surface area contributed by atoms with Gasteiger partial charge in [0.1, 0.15) is 12.2 Å². The molecule has 2 amide bonds. The van der Waals surface area contributed by atoms with Crippen LogP contribution >= 0.6 is 0 Å². The lowest BCUT2D eigenvalue weighted by atomic mass is 9.84. The summed E-state index contributed by atoms with van der Waals surface area (Å²) < 4.78 is 1.82. The number of aryl methyl sites for hydroxylation is 1. The third kappa shape index (κ3) is 6.52. The van der Waals surface area contributed by atoms with Crippen molar-refractivity contribution in [3.63, 3.8) is 0 Å². The summed E-state index contributed by atoms with van der Waals surface area (Å²) in [5.74, 6) is 0.934. The molecule has 3 rings (SSSR count). The number of hydrogen-bond acceptors (Lipinski definition) is 6. The van der Waals surface area contributed by atoms with Crippen molar-refractivity contribution in [1.29, 1.82) is 0 Å². The van der Waals surface area contributed by atoms with Crippen molar-refractivity contribution in [1.82, 2.24) is 25.4 Å². The van der Waals surface area contributed by atoms with Gasteiger partial charge in [-0.15, -0.1) is 0 Å². The number of carbonyl (C=O) groups excluding carboxylic acids is 2. The number of nitrogens with zero attached hydrogens (tertiary/aromatic N) is 3. The zero-order valence-electron chi connectivity index (χ0n) is 17.0. The van der Waals surface area contributed by atoms with Gasteiger partial charge in [0, 0.05) is 18.4 Å². The molecular formula is C19H31N5O5. The summed E-state index contributed by atoms with van der Waals surface area (Å²) in [4.78, 5) is 37.4. The molecule has 1 saturated carbocycles. The van der Waals surface area contributed by atoms with Gasteiger partial charge in [-0.1, -0.05) is 0 Å². The molecule has 10 nitrogen and oxygen atoms in total. The van der Waals surface area contributed by atoms with Crippen LogP contribution in [0.15, 0.2) is 6.33 Å². The third-order valence-corrected chi connectivity index (χ3v) is 5.48. The van der Waals surface area contributed by atoms with Crippen LogP contribution in [0, 0.1) is 11.8 Å². The highest BCUT2D eigenvalue weighted by Crippen LogP contribution is 2.26. The standard InChI is InChI=1S/C18H29N5O3.CH2O2/c1-18(2,10-24)22-17(26)12-3-6-14(7-4-12)21-16(25)13-5-8-15-19-11-20-23(15)9-13;2-1-3/h11-14,24H,3-10H2,1-2H3,(H,21,25)(H,22,26);1H,(H,2,3). The van der Waals surface area contributed by atoms with Crippen molar-refractivity contribution in [2.75, 3.05) is 6.61 Å². The van der Waals surface area contributed by atoms with E-state index in [4.69, 9.17) is 9.90 Å². The monoisotopic (exact) mass is 409 g/mol. The predicted molar refractivity (Wildman–Crippen MR) is 104 cm³/mol. The Hall–Kier alpha value is -2.49. The Bertz CT molecular complexity index is 697. The summed E-state index contributed by atoms with van der Waals surface area (Å²) in [6.45, 7) is 3.87. The Morgan fingerprint density at radius 3 is 2.48 bits per heavy atom. The molecule has 1 aromatic heterocycles. The first-order valence-corrected chi connectivity index (χ1v) is 9.97. The summed E-state index contributed by atoms with van der Waals surface area (Å²) in [7, 11) is 0. The van der Waals surface area contributed by atoms with Crippen LogP contribution in [0.5, 0.6) is 0 Å². The number of aliphatic hydroxyl groups is 1. The summed E-state index contributed by atoms with van der Waals surface area (Å²) in [6.07, 6.45) is 6.27. The van der Waals surface area contributed by atoms with Crippen LogP contribution in [0.25, 0.3) is 0 Å². The third-order valence-electron chi connectivity index (χ3n) is 5.48. The number of carbonyl (C=O) groups is 3. The van der Waals surface area contributed by atoms with E-state index in [1.807, 2.05) is 18.5 Å². The zero-order valence-corrected chi connectivity index (χ0v) is 17.0. The fraction of sp³-hybridized carbons (Fsp3) is 0.737. The maximum atomic E-state index is 12.6. The van der Waals surface area contributed by atoms with Crippen molar-refractivity contribution in [3.05, 3.63) is 12.2 Å². The van der Waals surface area contributed by atoms with Crippen LogP contribution in [0.1, 0.15) is 51.8 Å². The van der Waals surface area contributed by atoms with Crippen LogP contribution < -0.4 is 10.6 Å². The van der Waals surface area contributed by atoms with E-state index in [9.17, 15) is 14.7 Å². The van der Waals surface area contributed by atoms with E-state index in [0.717, 1.165) is 44.3 Å². The van der Waals surface area contributed by atoms with Gasteiger partial charge in [-0.3, -0.25) is 14.4 Å². The molecule has 1 unspecified atom stereocenters. The normalized spacial score (nSPS) is 23.8. The molecule has 2 aliphatic rings. The Labute approximate surface area is 170 Å². The van der Waals surface area contributed by atoms with Gasteiger partial charge in [0.2, 0.25) is 11.8 Å². The van der Waals surface area contributed by atoms with Gasteiger partial charge in [0.15, 0.2) is 0 Å². The topological polar surface area (TPSA) is 146 Å². The minimum atomic E-state index is -0.594. The number of carboxylic acid groups (broad SMARTS) is 1. The highest BCUT2D eigenvalue weighted by molar-refractivity contribution is 5.80. The smallest absolute Gasteiger partial charge is 0.290 e. The maximum Gasteiger partial charge on any atom is 0.290 e. The fourth-order valence-corrected chi connectivity index (χ4v) is 3.75. The van der Waals surface area contributed by atoms with E-state index in [1.165, 1.54) is 0 Å². The van der Waals surface area contributed by atoms with Crippen molar-refractivity contribution in [2.45, 2.75) is 70.5 Å². The first-order chi connectivity index (χ1) is 13.8. The number of nitrogens with one attached hydrogen (secondary N) is 2. The number of aromatic nitrogens is 3. The molecule has 1 aromatic rings. The van der Waals surface area contributed by atoms with Gasteiger partial charge in [-0.25, -0.2) is 9.67 Å². The Kier molecular flexibility index (Phi) is 8.12. The van der Waals surface area contributed by atoms with E-state index in [2.05, 4.69) is 20.7 Å². The molecule has 0 bridgehead atoms. The van der Waals surface area contributed by atoms with Crippen LogP contribution in [0.4, 0.5) is 0 Å². The Morgan fingerprint density at radius 1 is 1.21 bits per heavy atom. The van der Waals surface area contributed by atoms with Crippen molar-refractivity contribution >= 4 is 18.3 Å². The quantitative estimate of drug-likeness (QED) is 0.505. The lowest BCUT2D eigenvalue weighted by Gasteiger charge is -2.32. The van der Waals surface area contributed by atoms with Crippen LogP contribution in [-0.4, -0.2) is 61.5 Å². The maximum absolute atomic E-state index is 12.6. The summed E-state index contributed by atoms with van der Waals surface area (Å²) in [5, 5.41) is 26.4. The molecule has 1 fully saturated rings. The second kappa shape index (κ2) is 10.3. The molecule has 0 aromatic carbocycles. The molecule has 4 N–H and O–H groups in total. The number of aliphatic hydroxyl groups excluding tert-OH is 1. The Morgan fingerprint density at radius 2 is 1.86 bits per heavy atom. The zero-order chi connectivity index (χ0) is 21.4. The molecule has 1 atom stereocenters. The highest BCUT2D eigenvalue weighted by atomic mass is 16.3.